The van der Waals surface area contributed by atoms with E-state index in [1.54, 1.807) is 24.3 Å². The summed E-state index contributed by atoms with van der Waals surface area (Å²) in [5.41, 5.74) is 2.50. The minimum Gasteiger partial charge on any atom is -0.381 e. The fourth-order valence-electron chi connectivity index (χ4n) is 3.35. The first kappa shape index (κ1) is 19.3. The number of hydrogen-bond donors (Lipinski definition) is 1. The molecule has 0 atom stereocenters. The lowest BCUT2D eigenvalue weighted by Gasteiger charge is -2.38. The molecule has 0 bridgehead atoms. The van der Waals surface area contributed by atoms with E-state index in [-0.39, 0.29) is 11.3 Å². The number of hydrogen-bond acceptors (Lipinski definition) is 3. The summed E-state index contributed by atoms with van der Waals surface area (Å²) in [6, 6.07) is 17.5. The molecular weight excluding hydrogens is 404 g/mol. The van der Waals surface area contributed by atoms with Gasteiger partial charge in [0.1, 0.15) is 0 Å². The summed E-state index contributed by atoms with van der Waals surface area (Å²) in [6.07, 6.45) is 4.99. The van der Waals surface area contributed by atoms with Crippen LogP contribution in [0.15, 0.2) is 59.1 Å². The number of ether oxygens (including phenoxy) is 1. The van der Waals surface area contributed by atoms with Gasteiger partial charge in [-0.3, -0.25) is 4.79 Å². The molecule has 1 amide bonds. The molecule has 1 aliphatic heterocycles. The molecule has 0 aromatic heterocycles. The Morgan fingerprint density at radius 3 is 2.74 bits per heavy atom. The second-order valence-corrected chi connectivity index (χ2v) is 7.61. The summed E-state index contributed by atoms with van der Waals surface area (Å²) in [5, 5.41) is 12.0. The van der Waals surface area contributed by atoms with Crippen molar-refractivity contribution in [2.24, 2.45) is 0 Å². The van der Waals surface area contributed by atoms with Gasteiger partial charge in [0.15, 0.2) is 0 Å². The third-order valence-corrected chi connectivity index (χ3v) is 5.42. The van der Waals surface area contributed by atoms with Gasteiger partial charge in [-0.1, -0.05) is 40.2 Å². The third kappa shape index (κ3) is 5.06. The molecule has 4 nitrogen and oxygen atoms in total. The van der Waals surface area contributed by atoms with Crippen LogP contribution in [0.5, 0.6) is 0 Å². The number of benzene rings is 2. The standard InChI is InChI=1S/C22H21BrN2O2/c23-20-6-2-5-19(14-20)22(9-11-27-12-10-22)16-25-21(26)8-7-17-3-1-4-18(13-17)15-24/h1-8,13-14H,9-12,16H2,(H,25,26)/b8-7+. The van der Waals surface area contributed by atoms with Crippen molar-refractivity contribution in [3.63, 3.8) is 0 Å². The molecule has 1 aliphatic rings. The molecule has 27 heavy (non-hydrogen) atoms. The van der Waals surface area contributed by atoms with Crippen molar-refractivity contribution in [3.8, 4) is 6.07 Å². The van der Waals surface area contributed by atoms with Crippen LogP contribution in [-0.4, -0.2) is 25.7 Å². The van der Waals surface area contributed by atoms with Gasteiger partial charge in [0.2, 0.25) is 5.91 Å². The summed E-state index contributed by atoms with van der Waals surface area (Å²) in [4.78, 5) is 12.4. The van der Waals surface area contributed by atoms with Crippen molar-refractivity contribution in [1.29, 1.82) is 5.26 Å². The third-order valence-electron chi connectivity index (χ3n) is 4.93. The molecule has 5 heteroatoms. The first-order valence-corrected chi connectivity index (χ1v) is 9.70. The van der Waals surface area contributed by atoms with Gasteiger partial charge in [0, 0.05) is 35.7 Å². The Kier molecular flexibility index (Phi) is 6.44. The minimum atomic E-state index is -0.141. The number of nitriles is 1. The van der Waals surface area contributed by atoms with Crippen LogP contribution in [0.25, 0.3) is 6.08 Å². The van der Waals surface area contributed by atoms with Gasteiger partial charge in [-0.15, -0.1) is 0 Å². The lowest BCUT2D eigenvalue weighted by atomic mass is 9.74. The maximum atomic E-state index is 12.4. The first-order valence-electron chi connectivity index (χ1n) is 8.91. The van der Waals surface area contributed by atoms with Crippen LogP contribution in [0.4, 0.5) is 0 Å². The van der Waals surface area contributed by atoms with Gasteiger partial charge >= 0.3 is 0 Å². The van der Waals surface area contributed by atoms with Crippen molar-refractivity contribution in [2.45, 2.75) is 18.3 Å². The molecule has 1 fully saturated rings. The van der Waals surface area contributed by atoms with Gasteiger partial charge in [0.25, 0.3) is 0 Å². The summed E-state index contributed by atoms with van der Waals surface area (Å²) >= 11 is 3.54. The zero-order valence-corrected chi connectivity index (χ0v) is 16.5. The highest BCUT2D eigenvalue weighted by Crippen LogP contribution is 2.35. The number of nitrogens with one attached hydrogen (secondary N) is 1. The van der Waals surface area contributed by atoms with E-state index in [1.165, 1.54) is 11.6 Å². The van der Waals surface area contributed by atoms with E-state index in [1.807, 2.05) is 18.2 Å². The Balaban J connectivity index is 1.69. The van der Waals surface area contributed by atoms with E-state index in [9.17, 15) is 4.79 Å². The number of halogens is 1. The SMILES string of the molecule is N#Cc1cccc(/C=C/C(=O)NCC2(c3cccc(Br)c3)CCOCC2)c1. The molecule has 0 saturated carbocycles. The molecular formula is C22H21BrN2O2. The summed E-state index contributed by atoms with van der Waals surface area (Å²) in [6.45, 7) is 1.95. The average molecular weight is 425 g/mol. The second kappa shape index (κ2) is 8.98. The summed E-state index contributed by atoms with van der Waals surface area (Å²) in [5.74, 6) is -0.141. The maximum absolute atomic E-state index is 12.4. The van der Waals surface area contributed by atoms with E-state index in [4.69, 9.17) is 10.00 Å². The largest absolute Gasteiger partial charge is 0.381 e. The first-order chi connectivity index (χ1) is 13.1. The van der Waals surface area contributed by atoms with Crippen LogP contribution in [0.1, 0.15) is 29.5 Å². The zero-order chi connectivity index (χ0) is 19.1. The highest BCUT2D eigenvalue weighted by atomic mass is 79.9. The average Bonchev–Trinajstić information content (AvgIpc) is 2.71. The van der Waals surface area contributed by atoms with Crippen molar-refractivity contribution < 1.29 is 9.53 Å². The predicted octanol–water partition coefficient (Wildman–Crippen LogP) is 4.20. The highest BCUT2D eigenvalue weighted by molar-refractivity contribution is 9.10. The van der Waals surface area contributed by atoms with Crippen molar-refractivity contribution in [3.05, 3.63) is 75.8 Å². The van der Waals surface area contributed by atoms with E-state index in [0.29, 0.717) is 25.3 Å². The topological polar surface area (TPSA) is 62.1 Å². The predicted molar refractivity (Wildman–Crippen MR) is 109 cm³/mol. The molecule has 138 valence electrons. The van der Waals surface area contributed by atoms with Crippen LogP contribution in [0.3, 0.4) is 0 Å². The molecule has 2 aromatic carbocycles. The molecule has 3 rings (SSSR count). The van der Waals surface area contributed by atoms with Crippen molar-refractivity contribution in [1.82, 2.24) is 5.32 Å². The van der Waals surface area contributed by atoms with Gasteiger partial charge in [-0.05, 0) is 54.3 Å². The molecule has 0 spiro atoms. The molecule has 2 aromatic rings. The van der Waals surface area contributed by atoms with Crippen LogP contribution < -0.4 is 5.32 Å². The maximum Gasteiger partial charge on any atom is 0.244 e. The van der Waals surface area contributed by atoms with Crippen molar-refractivity contribution >= 4 is 27.9 Å². The van der Waals surface area contributed by atoms with Gasteiger partial charge in [-0.25, -0.2) is 0 Å². The zero-order valence-electron chi connectivity index (χ0n) is 15.0. The van der Waals surface area contributed by atoms with Gasteiger partial charge < -0.3 is 10.1 Å². The van der Waals surface area contributed by atoms with Crippen LogP contribution >= 0.6 is 15.9 Å². The smallest absolute Gasteiger partial charge is 0.244 e. The normalized spacial score (nSPS) is 16.0. The lowest BCUT2D eigenvalue weighted by Crippen LogP contribution is -2.44. The number of carbonyl (C=O) groups excluding carboxylic acids is 1. The van der Waals surface area contributed by atoms with Gasteiger partial charge in [0.05, 0.1) is 11.6 Å². The van der Waals surface area contributed by atoms with Crippen LogP contribution in [0, 0.1) is 11.3 Å². The molecule has 1 N–H and O–H groups in total. The Morgan fingerprint density at radius 2 is 2.00 bits per heavy atom. The number of amides is 1. The fourth-order valence-corrected chi connectivity index (χ4v) is 3.75. The molecule has 0 unspecified atom stereocenters. The van der Waals surface area contributed by atoms with Crippen LogP contribution in [0.2, 0.25) is 0 Å². The molecule has 0 radical (unpaired) electrons. The summed E-state index contributed by atoms with van der Waals surface area (Å²) < 4.78 is 6.58. The van der Waals surface area contributed by atoms with E-state index in [0.717, 1.165) is 22.9 Å². The Morgan fingerprint density at radius 1 is 1.22 bits per heavy atom. The quantitative estimate of drug-likeness (QED) is 0.731. The monoisotopic (exact) mass is 424 g/mol. The second-order valence-electron chi connectivity index (χ2n) is 6.69. The minimum absolute atomic E-state index is 0.119. The van der Waals surface area contributed by atoms with Crippen molar-refractivity contribution in [2.75, 3.05) is 19.8 Å². The summed E-state index contributed by atoms with van der Waals surface area (Å²) in [7, 11) is 0. The lowest BCUT2D eigenvalue weighted by molar-refractivity contribution is -0.116. The fraction of sp³-hybridized carbons (Fsp3) is 0.273. The highest BCUT2D eigenvalue weighted by Gasteiger charge is 2.34. The Bertz CT molecular complexity index is 880. The van der Waals surface area contributed by atoms with E-state index in [2.05, 4.69) is 39.4 Å². The number of rotatable bonds is 5. The van der Waals surface area contributed by atoms with Gasteiger partial charge in [-0.2, -0.15) is 5.26 Å². The van der Waals surface area contributed by atoms with E-state index < -0.39 is 0 Å². The van der Waals surface area contributed by atoms with E-state index >= 15 is 0 Å². The molecule has 1 heterocycles. The Labute approximate surface area is 168 Å². The number of nitrogens with zero attached hydrogens (tertiary/aromatic N) is 1. The Hall–Kier alpha value is -2.42. The molecule has 1 saturated heterocycles. The number of carbonyl (C=O) groups is 1. The van der Waals surface area contributed by atoms with Crippen LogP contribution in [-0.2, 0) is 14.9 Å². The molecule has 0 aliphatic carbocycles.